The number of morpholine rings is 1. The predicted molar refractivity (Wildman–Crippen MR) is 161 cm³/mol. The van der Waals surface area contributed by atoms with E-state index in [9.17, 15) is 19.5 Å². The van der Waals surface area contributed by atoms with Crippen LogP contribution in [-0.4, -0.2) is 83.6 Å². The number of rotatable bonds is 8. The molecule has 3 N–H and O–H groups in total. The third-order valence-electron chi connectivity index (χ3n) is 7.65. The van der Waals surface area contributed by atoms with Gasteiger partial charge in [0.15, 0.2) is 5.82 Å². The summed E-state index contributed by atoms with van der Waals surface area (Å²) in [5.41, 5.74) is 2.41. The Labute approximate surface area is 246 Å². The van der Waals surface area contributed by atoms with E-state index >= 15 is 0 Å². The average molecular weight is 589 g/mol. The second-order valence-corrected chi connectivity index (χ2v) is 11.4. The number of carboxylic acid groups (broad SMARTS) is 1. The van der Waals surface area contributed by atoms with E-state index in [2.05, 4.69) is 25.5 Å². The zero-order chi connectivity index (χ0) is 29.1. The van der Waals surface area contributed by atoms with Crippen LogP contribution in [0.3, 0.4) is 0 Å². The number of fused-ring (bicyclic) bond motifs is 1. The van der Waals surface area contributed by atoms with Gasteiger partial charge in [0.1, 0.15) is 4.83 Å². The van der Waals surface area contributed by atoms with Gasteiger partial charge in [-0.1, -0.05) is 30.3 Å². The van der Waals surface area contributed by atoms with E-state index < -0.39 is 12.0 Å². The van der Waals surface area contributed by atoms with Crippen LogP contribution in [0.2, 0.25) is 0 Å². The van der Waals surface area contributed by atoms with Crippen LogP contribution in [-0.2, 0) is 4.74 Å². The lowest BCUT2D eigenvalue weighted by molar-refractivity contribution is 0.0930. The smallest absolute Gasteiger partial charge is 0.433 e. The number of anilines is 2. The number of ether oxygens (including phenoxy) is 1. The molecule has 0 bridgehead atoms. The van der Waals surface area contributed by atoms with Crippen molar-refractivity contribution >= 4 is 51.0 Å². The summed E-state index contributed by atoms with van der Waals surface area (Å²) >= 11 is 1.03. The van der Waals surface area contributed by atoms with Crippen LogP contribution in [0, 0.1) is 0 Å². The van der Waals surface area contributed by atoms with Crippen molar-refractivity contribution in [1.29, 1.82) is 0 Å². The van der Waals surface area contributed by atoms with Crippen molar-refractivity contribution in [2.24, 2.45) is 0 Å². The maximum absolute atomic E-state index is 13.5. The minimum atomic E-state index is -1.31. The fourth-order valence-electron chi connectivity index (χ4n) is 5.44. The van der Waals surface area contributed by atoms with Gasteiger partial charge in [-0.3, -0.25) is 9.59 Å². The minimum Gasteiger partial charge on any atom is -0.463 e. The Kier molecular flexibility index (Phi) is 8.17. The van der Waals surface area contributed by atoms with E-state index in [1.165, 1.54) is 0 Å². The average Bonchev–Trinajstić information content (AvgIpc) is 3.76. The van der Waals surface area contributed by atoms with Gasteiger partial charge in [-0.2, -0.15) is 4.68 Å². The number of benzene rings is 2. The number of likely N-dealkylation sites (tertiary alicyclic amines) is 1. The van der Waals surface area contributed by atoms with E-state index in [0.717, 1.165) is 66.3 Å². The van der Waals surface area contributed by atoms with Crippen LogP contribution in [0.4, 0.5) is 16.3 Å². The van der Waals surface area contributed by atoms with Crippen molar-refractivity contribution < 1.29 is 24.2 Å². The lowest BCUT2D eigenvalue weighted by Gasteiger charge is -2.28. The fourth-order valence-corrected chi connectivity index (χ4v) is 6.45. The fraction of sp³-hybridized carbons (Fsp3) is 0.333. The molecule has 0 unspecified atom stereocenters. The maximum Gasteiger partial charge on any atom is 0.433 e. The molecule has 6 rings (SSSR count). The monoisotopic (exact) mass is 588 g/mol. The first-order valence-corrected chi connectivity index (χ1v) is 14.9. The summed E-state index contributed by atoms with van der Waals surface area (Å²) < 4.78 is 6.20. The predicted octanol–water partition coefficient (Wildman–Crippen LogP) is 4.28. The molecule has 0 saturated carbocycles. The highest BCUT2D eigenvalue weighted by molar-refractivity contribution is 7.20. The highest BCUT2D eigenvalue weighted by atomic mass is 32.1. The van der Waals surface area contributed by atoms with Crippen molar-refractivity contribution in [2.75, 3.05) is 56.2 Å². The molecular weight excluding hydrogens is 556 g/mol. The first-order valence-electron chi connectivity index (χ1n) is 14.0. The normalized spacial score (nSPS) is 16.4. The Bertz CT molecular complexity index is 1570. The first-order chi connectivity index (χ1) is 20.5. The molecule has 1 atom stereocenters. The number of hydrogen-bond acceptors (Lipinski definition) is 8. The van der Waals surface area contributed by atoms with E-state index in [-0.39, 0.29) is 22.6 Å². The summed E-state index contributed by atoms with van der Waals surface area (Å²) in [4.78, 5) is 43.7. The highest BCUT2D eigenvalue weighted by Crippen LogP contribution is 2.32. The number of thiophene rings is 1. The Morgan fingerprint density at radius 1 is 0.952 bits per heavy atom. The second-order valence-electron chi connectivity index (χ2n) is 10.4. The Hall–Kier alpha value is -4.26. The summed E-state index contributed by atoms with van der Waals surface area (Å²) in [6, 6.07) is 18.4. The van der Waals surface area contributed by atoms with Crippen molar-refractivity contribution in [3.05, 3.63) is 76.7 Å². The van der Waals surface area contributed by atoms with E-state index in [1.54, 1.807) is 18.2 Å². The van der Waals surface area contributed by atoms with Crippen LogP contribution in [0.15, 0.2) is 60.7 Å². The number of carbonyl (C=O) groups excluding carboxylic acids is 2. The van der Waals surface area contributed by atoms with Gasteiger partial charge in [-0.05, 0) is 61.8 Å². The molecule has 2 aromatic carbocycles. The largest absolute Gasteiger partial charge is 0.463 e. The molecule has 2 amide bonds. The SMILES string of the molecule is O=C(Nc1nn(C(=O)O)c2sc(C(=O)N[C@H](CN3CCCC3)c3ccccc3)cc12)c1ccc(N2CCOCC2)cc1. The standard InChI is InChI=1S/C30H32N6O5S/c37-27(21-8-10-22(11-9-21)35-14-16-41-17-15-35)32-26-23-18-25(42-29(23)36(33-26)30(39)40)28(38)31-24(19-34-12-4-5-13-34)20-6-2-1-3-7-20/h1-3,6-11,18,24H,4-5,12-17,19H2,(H,31,38)(H,39,40)(H,32,33,37)/t24-/m1/s1. The zero-order valence-electron chi connectivity index (χ0n) is 23.0. The molecule has 0 radical (unpaired) electrons. The number of amides is 2. The molecular formula is C30H32N6O5S. The molecule has 2 aliphatic heterocycles. The number of hydrogen-bond donors (Lipinski definition) is 3. The molecule has 0 spiro atoms. The van der Waals surface area contributed by atoms with Crippen LogP contribution < -0.4 is 15.5 Å². The van der Waals surface area contributed by atoms with E-state index in [4.69, 9.17) is 4.74 Å². The van der Waals surface area contributed by atoms with Crippen LogP contribution >= 0.6 is 11.3 Å². The number of carbonyl (C=O) groups is 3. The summed E-state index contributed by atoms with van der Waals surface area (Å²) in [6.07, 6.45) is 0.980. The van der Waals surface area contributed by atoms with Gasteiger partial charge in [0.25, 0.3) is 11.8 Å². The van der Waals surface area contributed by atoms with Crippen LogP contribution in [0.1, 0.15) is 44.5 Å². The summed E-state index contributed by atoms with van der Waals surface area (Å²) in [7, 11) is 0. The van der Waals surface area contributed by atoms with Gasteiger partial charge in [0.05, 0.1) is 29.5 Å². The lowest BCUT2D eigenvalue weighted by Crippen LogP contribution is -2.36. The lowest BCUT2D eigenvalue weighted by atomic mass is 10.1. The van der Waals surface area contributed by atoms with Gasteiger partial charge < -0.3 is 30.3 Å². The zero-order valence-corrected chi connectivity index (χ0v) is 23.8. The molecule has 218 valence electrons. The third-order valence-corrected chi connectivity index (χ3v) is 8.76. The van der Waals surface area contributed by atoms with Crippen molar-refractivity contribution in [1.82, 2.24) is 20.0 Å². The number of aromatic nitrogens is 2. The summed E-state index contributed by atoms with van der Waals surface area (Å²) in [6.45, 7) is 5.58. The Balaban J connectivity index is 1.22. The molecule has 4 aromatic rings. The Morgan fingerprint density at radius 3 is 2.36 bits per heavy atom. The molecule has 4 heterocycles. The topological polar surface area (TPSA) is 129 Å². The number of nitrogens with zero attached hydrogens (tertiary/aromatic N) is 4. The van der Waals surface area contributed by atoms with Crippen LogP contribution in [0.5, 0.6) is 0 Å². The van der Waals surface area contributed by atoms with Crippen molar-refractivity contribution in [2.45, 2.75) is 18.9 Å². The maximum atomic E-state index is 13.5. The van der Waals surface area contributed by atoms with E-state index in [1.807, 2.05) is 42.5 Å². The quantitative estimate of drug-likeness (QED) is 0.278. The number of nitrogens with one attached hydrogen (secondary N) is 2. The van der Waals surface area contributed by atoms with Gasteiger partial charge in [-0.15, -0.1) is 16.4 Å². The molecule has 2 aliphatic rings. The minimum absolute atomic E-state index is 0.0848. The second kappa shape index (κ2) is 12.3. The molecule has 11 nitrogen and oxygen atoms in total. The molecule has 12 heteroatoms. The summed E-state index contributed by atoms with van der Waals surface area (Å²) in [5, 5.41) is 20.2. The summed E-state index contributed by atoms with van der Waals surface area (Å²) in [5.74, 6) is -0.647. The van der Waals surface area contributed by atoms with E-state index in [0.29, 0.717) is 35.6 Å². The third kappa shape index (κ3) is 6.01. The van der Waals surface area contributed by atoms with Gasteiger partial charge in [-0.25, -0.2) is 4.79 Å². The first kappa shape index (κ1) is 27.9. The van der Waals surface area contributed by atoms with Gasteiger partial charge in [0, 0.05) is 30.9 Å². The molecule has 2 aromatic heterocycles. The van der Waals surface area contributed by atoms with Crippen LogP contribution in [0.25, 0.3) is 10.2 Å². The molecule has 2 saturated heterocycles. The highest BCUT2D eigenvalue weighted by Gasteiger charge is 2.25. The van der Waals surface area contributed by atoms with Gasteiger partial charge >= 0.3 is 6.09 Å². The molecule has 42 heavy (non-hydrogen) atoms. The van der Waals surface area contributed by atoms with Crippen molar-refractivity contribution in [3.8, 4) is 0 Å². The molecule has 0 aliphatic carbocycles. The van der Waals surface area contributed by atoms with Gasteiger partial charge in [0.2, 0.25) is 0 Å². The Morgan fingerprint density at radius 2 is 1.67 bits per heavy atom. The molecule has 2 fully saturated rings. The van der Waals surface area contributed by atoms with Crippen molar-refractivity contribution in [3.63, 3.8) is 0 Å².